The summed E-state index contributed by atoms with van der Waals surface area (Å²) in [4.78, 5) is 19.2. The van der Waals surface area contributed by atoms with Gasteiger partial charge in [-0.2, -0.15) is 0 Å². The molecule has 0 spiro atoms. The summed E-state index contributed by atoms with van der Waals surface area (Å²) in [5.41, 5.74) is 3.00. The Morgan fingerprint density at radius 1 is 1.22 bits per heavy atom. The van der Waals surface area contributed by atoms with E-state index in [4.69, 9.17) is 0 Å². The van der Waals surface area contributed by atoms with Crippen LogP contribution in [0.15, 0.2) is 48.5 Å². The van der Waals surface area contributed by atoms with Crippen LogP contribution in [0.5, 0.6) is 0 Å². The van der Waals surface area contributed by atoms with Crippen LogP contribution in [0.1, 0.15) is 33.3 Å². The average Bonchev–Trinajstić information content (AvgIpc) is 3.20. The molecule has 0 aliphatic carbocycles. The molecular formula is C19H18N2OS. The predicted molar refractivity (Wildman–Crippen MR) is 94.1 cm³/mol. The minimum Gasteiger partial charge on any atom is -0.338 e. The number of hydrogen-bond acceptors (Lipinski definition) is 3. The van der Waals surface area contributed by atoms with Crippen LogP contribution in [0.25, 0.3) is 10.2 Å². The van der Waals surface area contributed by atoms with Gasteiger partial charge in [0, 0.05) is 24.6 Å². The highest BCUT2D eigenvalue weighted by atomic mass is 32.1. The molecular weight excluding hydrogens is 304 g/mol. The molecule has 1 atom stereocenters. The summed E-state index contributed by atoms with van der Waals surface area (Å²) in [7, 11) is 0. The minimum atomic E-state index is 0.121. The fraction of sp³-hybridized carbons (Fsp3) is 0.263. The maximum Gasteiger partial charge on any atom is 0.253 e. The van der Waals surface area contributed by atoms with Crippen LogP contribution in [-0.4, -0.2) is 28.9 Å². The van der Waals surface area contributed by atoms with Gasteiger partial charge >= 0.3 is 0 Å². The van der Waals surface area contributed by atoms with E-state index < -0.39 is 0 Å². The van der Waals surface area contributed by atoms with E-state index in [0.29, 0.717) is 5.92 Å². The SMILES string of the molecule is Cc1nc2cc(C(=O)N3CC[C@H](c4ccccc4)C3)ccc2s1. The van der Waals surface area contributed by atoms with E-state index in [1.807, 2.05) is 36.1 Å². The molecule has 116 valence electrons. The van der Waals surface area contributed by atoms with Crippen molar-refractivity contribution in [3.63, 3.8) is 0 Å². The molecule has 1 aliphatic heterocycles. The third kappa shape index (κ3) is 2.75. The molecule has 3 aromatic rings. The quantitative estimate of drug-likeness (QED) is 0.707. The molecule has 0 radical (unpaired) electrons. The number of likely N-dealkylation sites (tertiary alicyclic amines) is 1. The largest absolute Gasteiger partial charge is 0.338 e. The second-order valence-corrected chi connectivity index (χ2v) is 7.30. The number of fused-ring (bicyclic) bond motifs is 1. The van der Waals surface area contributed by atoms with Gasteiger partial charge in [-0.1, -0.05) is 30.3 Å². The Balaban J connectivity index is 1.54. The Bertz CT molecular complexity index is 856. The zero-order valence-electron chi connectivity index (χ0n) is 13.0. The normalized spacial score (nSPS) is 17.8. The molecule has 0 saturated carbocycles. The van der Waals surface area contributed by atoms with E-state index >= 15 is 0 Å². The van der Waals surface area contributed by atoms with Gasteiger partial charge in [0.05, 0.1) is 15.2 Å². The van der Waals surface area contributed by atoms with Crippen LogP contribution in [-0.2, 0) is 0 Å². The second kappa shape index (κ2) is 5.78. The number of aryl methyl sites for hydroxylation is 1. The lowest BCUT2D eigenvalue weighted by Crippen LogP contribution is -2.28. The average molecular weight is 322 g/mol. The van der Waals surface area contributed by atoms with Gasteiger partial charge in [0.15, 0.2) is 0 Å². The minimum absolute atomic E-state index is 0.121. The Kier molecular flexibility index (Phi) is 3.62. The molecule has 2 heterocycles. The van der Waals surface area contributed by atoms with Crippen molar-refractivity contribution in [3.05, 3.63) is 64.7 Å². The number of benzene rings is 2. The highest BCUT2D eigenvalue weighted by molar-refractivity contribution is 7.18. The molecule has 1 aliphatic rings. The van der Waals surface area contributed by atoms with Crippen LogP contribution in [0.2, 0.25) is 0 Å². The summed E-state index contributed by atoms with van der Waals surface area (Å²) in [5, 5.41) is 1.04. The summed E-state index contributed by atoms with van der Waals surface area (Å²) in [6.45, 7) is 3.63. The molecule has 1 fully saturated rings. The highest BCUT2D eigenvalue weighted by Crippen LogP contribution is 2.29. The molecule has 0 N–H and O–H groups in total. The summed E-state index contributed by atoms with van der Waals surface area (Å²) in [6.07, 6.45) is 1.04. The van der Waals surface area contributed by atoms with E-state index in [-0.39, 0.29) is 5.91 Å². The van der Waals surface area contributed by atoms with Crippen molar-refractivity contribution >= 4 is 27.5 Å². The van der Waals surface area contributed by atoms with Crippen molar-refractivity contribution < 1.29 is 4.79 Å². The zero-order valence-corrected chi connectivity index (χ0v) is 13.8. The molecule has 1 amide bonds. The first-order valence-corrected chi connectivity index (χ1v) is 8.74. The highest BCUT2D eigenvalue weighted by Gasteiger charge is 2.28. The van der Waals surface area contributed by atoms with Gasteiger partial charge in [-0.25, -0.2) is 4.98 Å². The smallest absolute Gasteiger partial charge is 0.253 e. The molecule has 4 rings (SSSR count). The third-order valence-electron chi connectivity index (χ3n) is 4.49. The first-order valence-electron chi connectivity index (χ1n) is 7.92. The first kappa shape index (κ1) is 14.4. The van der Waals surface area contributed by atoms with Crippen molar-refractivity contribution in [2.24, 2.45) is 0 Å². The molecule has 1 aromatic heterocycles. The monoisotopic (exact) mass is 322 g/mol. The molecule has 1 saturated heterocycles. The lowest BCUT2D eigenvalue weighted by Gasteiger charge is -2.17. The van der Waals surface area contributed by atoms with Gasteiger partial charge in [-0.3, -0.25) is 4.79 Å². The van der Waals surface area contributed by atoms with Crippen molar-refractivity contribution in [2.75, 3.05) is 13.1 Å². The van der Waals surface area contributed by atoms with Crippen molar-refractivity contribution in [3.8, 4) is 0 Å². The Labute approximate surface area is 139 Å². The number of carbonyl (C=O) groups is 1. The Morgan fingerprint density at radius 2 is 2.04 bits per heavy atom. The Hall–Kier alpha value is -2.20. The summed E-state index contributed by atoms with van der Waals surface area (Å²) in [5.74, 6) is 0.571. The van der Waals surface area contributed by atoms with E-state index in [1.54, 1.807) is 11.3 Å². The van der Waals surface area contributed by atoms with Gasteiger partial charge in [-0.15, -0.1) is 11.3 Å². The van der Waals surface area contributed by atoms with E-state index in [0.717, 1.165) is 40.3 Å². The van der Waals surface area contributed by atoms with Gasteiger partial charge in [0.2, 0.25) is 0 Å². The van der Waals surface area contributed by atoms with E-state index in [9.17, 15) is 4.79 Å². The summed E-state index contributed by atoms with van der Waals surface area (Å²) < 4.78 is 1.14. The van der Waals surface area contributed by atoms with Gasteiger partial charge in [0.25, 0.3) is 5.91 Å². The number of aromatic nitrogens is 1. The lowest BCUT2D eigenvalue weighted by atomic mass is 9.99. The second-order valence-electron chi connectivity index (χ2n) is 6.06. The van der Waals surface area contributed by atoms with Crippen LogP contribution in [0, 0.1) is 6.92 Å². The van der Waals surface area contributed by atoms with Crippen molar-refractivity contribution in [1.82, 2.24) is 9.88 Å². The molecule has 0 bridgehead atoms. The van der Waals surface area contributed by atoms with E-state index in [2.05, 4.69) is 29.2 Å². The zero-order chi connectivity index (χ0) is 15.8. The van der Waals surface area contributed by atoms with Gasteiger partial charge in [-0.05, 0) is 37.1 Å². The number of hydrogen-bond donors (Lipinski definition) is 0. The predicted octanol–water partition coefficient (Wildman–Crippen LogP) is 4.23. The van der Waals surface area contributed by atoms with Crippen LogP contribution >= 0.6 is 11.3 Å². The summed E-state index contributed by atoms with van der Waals surface area (Å²) in [6, 6.07) is 16.3. The van der Waals surface area contributed by atoms with Crippen LogP contribution in [0.4, 0.5) is 0 Å². The number of nitrogens with zero attached hydrogens (tertiary/aromatic N) is 2. The maximum atomic E-state index is 12.8. The maximum absolute atomic E-state index is 12.8. The number of thiazole rings is 1. The molecule has 4 heteroatoms. The fourth-order valence-electron chi connectivity index (χ4n) is 3.30. The molecule has 0 unspecified atom stereocenters. The van der Waals surface area contributed by atoms with Gasteiger partial charge in [0.1, 0.15) is 0 Å². The standard InChI is InChI=1S/C19H18N2OS/c1-13-20-17-11-15(7-8-18(17)23-13)19(22)21-10-9-16(12-21)14-5-3-2-4-6-14/h2-8,11,16H,9-10,12H2,1H3/t16-/m0/s1. The van der Waals surface area contributed by atoms with Gasteiger partial charge < -0.3 is 4.90 Å². The molecule has 2 aromatic carbocycles. The van der Waals surface area contributed by atoms with Crippen molar-refractivity contribution in [1.29, 1.82) is 0 Å². The first-order chi connectivity index (χ1) is 11.2. The molecule has 23 heavy (non-hydrogen) atoms. The fourth-order valence-corrected chi connectivity index (χ4v) is 4.11. The molecule has 3 nitrogen and oxygen atoms in total. The number of carbonyl (C=O) groups excluding carboxylic acids is 1. The third-order valence-corrected chi connectivity index (χ3v) is 5.44. The lowest BCUT2D eigenvalue weighted by molar-refractivity contribution is 0.0791. The number of amides is 1. The Morgan fingerprint density at radius 3 is 2.87 bits per heavy atom. The summed E-state index contributed by atoms with van der Waals surface area (Å²) >= 11 is 1.67. The van der Waals surface area contributed by atoms with E-state index in [1.165, 1.54) is 5.56 Å². The topological polar surface area (TPSA) is 33.2 Å². The van der Waals surface area contributed by atoms with Crippen LogP contribution < -0.4 is 0 Å². The van der Waals surface area contributed by atoms with Crippen molar-refractivity contribution in [2.45, 2.75) is 19.3 Å². The van der Waals surface area contributed by atoms with Crippen LogP contribution in [0.3, 0.4) is 0 Å². The number of rotatable bonds is 2.